The van der Waals surface area contributed by atoms with E-state index in [1.807, 2.05) is 33.7 Å². The average molecular weight is 420 g/mol. The number of carbonyl (C=O) groups is 2. The Morgan fingerprint density at radius 2 is 1.87 bits per heavy atom. The Morgan fingerprint density at radius 3 is 2.61 bits per heavy atom. The first kappa shape index (κ1) is 20.9. The van der Waals surface area contributed by atoms with Crippen LogP contribution >= 0.6 is 0 Å². The van der Waals surface area contributed by atoms with Gasteiger partial charge in [-0.1, -0.05) is 30.3 Å². The van der Waals surface area contributed by atoms with Crippen molar-refractivity contribution >= 4 is 23.0 Å². The summed E-state index contributed by atoms with van der Waals surface area (Å²) in [6.45, 7) is 2.72. The van der Waals surface area contributed by atoms with E-state index in [-0.39, 0.29) is 11.9 Å². The molecule has 2 aromatic carbocycles. The van der Waals surface area contributed by atoms with E-state index >= 15 is 0 Å². The van der Waals surface area contributed by atoms with Crippen LogP contribution < -0.4 is 10.6 Å². The maximum absolute atomic E-state index is 13.0. The zero-order chi connectivity index (χ0) is 21.6. The van der Waals surface area contributed by atoms with Gasteiger partial charge in [0.2, 0.25) is 0 Å². The van der Waals surface area contributed by atoms with Crippen LogP contribution in [-0.2, 0) is 13.0 Å². The van der Waals surface area contributed by atoms with E-state index in [0.29, 0.717) is 24.6 Å². The minimum Gasteiger partial charge on any atom is -0.341 e. The van der Waals surface area contributed by atoms with E-state index in [0.717, 1.165) is 43.4 Å². The van der Waals surface area contributed by atoms with E-state index in [9.17, 15) is 9.59 Å². The average Bonchev–Trinajstić information content (AvgIpc) is 3.22. The molecule has 4 rings (SSSR count). The van der Waals surface area contributed by atoms with Gasteiger partial charge in [-0.3, -0.25) is 4.79 Å². The molecule has 0 atom stereocenters. The number of carbonyl (C=O) groups excluding carboxylic acids is 2. The first-order chi connectivity index (χ1) is 15.1. The predicted octanol–water partition coefficient (Wildman–Crippen LogP) is 3.06. The van der Waals surface area contributed by atoms with E-state index in [4.69, 9.17) is 0 Å². The molecule has 162 valence electrons. The first-order valence-corrected chi connectivity index (χ1v) is 10.9. The molecule has 1 aliphatic rings. The molecule has 0 unspecified atom stereocenters. The van der Waals surface area contributed by atoms with Crippen molar-refractivity contribution in [2.24, 2.45) is 5.92 Å². The Hall–Kier alpha value is -3.35. The molecule has 31 heavy (non-hydrogen) atoms. The Morgan fingerprint density at radius 1 is 1.10 bits per heavy atom. The van der Waals surface area contributed by atoms with Crippen LogP contribution in [-0.4, -0.2) is 53.1 Å². The first-order valence-electron chi connectivity index (χ1n) is 10.9. The van der Waals surface area contributed by atoms with E-state index in [2.05, 4.69) is 39.9 Å². The van der Waals surface area contributed by atoms with Crippen LogP contribution in [0.2, 0.25) is 0 Å². The van der Waals surface area contributed by atoms with Crippen LogP contribution in [0.5, 0.6) is 0 Å². The summed E-state index contributed by atoms with van der Waals surface area (Å²) in [7, 11) is 1.59. The van der Waals surface area contributed by atoms with Crippen LogP contribution in [0.25, 0.3) is 11.0 Å². The molecule has 1 fully saturated rings. The van der Waals surface area contributed by atoms with E-state index < -0.39 is 0 Å². The highest BCUT2D eigenvalue weighted by Gasteiger charge is 2.24. The molecule has 3 aromatic rings. The van der Waals surface area contributed by atoms with Crippen LogP contribution in [0.1, 0.15) is 28.8 Å². The molecule has 1 aromatic heterocycles. The number of amides is 3. The number of nitrogens with one attached hydrogen (secondary N) is 2. The number of fused-ring (bicyclic) bond motifs is 1. The number of imidazole rings is 1. The highest BCUT2D eigenvalue weighted by atomic mass is 16.2. The Kier molecular flexibility index (Phi) is 6.50. The molecule has 0 bridgehead atoms. The van der Waals surface area contributed by atoms with Crippen molar-refractivity contribution < 1.29 is 9.59 Å². The van der Waals surface area contributed by atoms with Crippen LogP contribution in [0.15, 0.2) is 54.9 Å². The maximum atomic E-state index is 13.0. The third kappa shape index (κ3) is 5.05. The van der Waals surface area contributed by atoms with Crippen molar-refractivity contribution in [1.82, 2.24) is 25.1 Å². The van der Waals surface area contributed by atoms with E-state index in [1.165, 1.54) is 5.56 Å². The fraction of sp³-hybridized carbons (Fsp3) is 0.375. The molecule has 0 radical (unpaired) electrons. The number of aromatic nitrogens is 2. The molecule has 3 amide bonds. The molecule has 7 heteroatoms. The normalized spacial score (nSPS) is 14.5. The molecule has 1 aliphatic heterocycles. The number of hydrogen-bond donors (Lipinski definition) is 2. The van der Waals surface area contributed by atoms with Gasteiger partial charge in [0.1, 0.15) is 0 Å². The predicted molar refractivity (Wildman–Crippen MR) is 121 cm³/mol. The second kappa shape index (κ2) is 9.64. The Bertz CT molecular complexity index is 1040. The lowest BCUT2D eigenvalue weighted by atomic mass is 9.90. The van der Waals surface area contributed by atoms with Gasteiger partial charge in [0, 0.05) is 38.8 Å². The summed E-state index contributed by atoms with van der Waals surface area (Å²) in [6, 6.07) is 16.1. The van der Waals surface area contributed by atoms with Crippen LogP contribution in [0.4, 0.5) is 4.79 Å². The summed E-state index contributed by atoms with van der Waals surface area (Å²) in [5.41, 5.74) is 3.81. The van der Waals surface area contributed by atoms with Gasteiger partial charge in [0.25, 0.3) is 5.91 Å². The maximum Gasteiger partial charge on any atom is 0.314 e. The number of likely N-dealkylation sites (tertiary alicyclic amines) is 1. The second-order valence-electron chi connectivity index (χ2n) is 8.07. The summed E-state index contributed by atoms with van der Waals surface area (Å²) in [5.74, 6) is 0.712. The van der Waals surface area contributed by atoms with Gasteiger partial charge in [0.15, 0.2) is 0 Å². The Balaban J connectivity index is 1.34. The summed E-state index contributed by atoms with van der Waals surface area (Å²) in [5, 5.41) is 5.30. The third-order valence-corrected chi connectivity index (χ3v) is 6.00. The molecule has 0 aliphatic carbocycles. The lowest BCUT2D eigenvalue weighted by Gasteiger charge is -2.32. The SMILES string of the molecule is CNC(=O)NCCn1cnc2cc(C(=O)N3CCC(Cc4ccccc4)CC3)ccc21. The smallest absolute Gasteiger partial charge is 0.314 e. The largest absolute Gasteiger partial charge is 0.341 e. The highest BCUT2D eigenvalue weighted by molar-refractivity contribution is 5.97. The van der Waals surface area contributed by atoms with Gasteiger partial charge in [0.05, 0.1) is 17.4 Å². The molecular formula is C24H29N5O2. The van der Waals surface area contributed by atoms with Crippen molar-refractivity contribution in [2.75, 3.05) is 26.7 Å². The minimum atomic E-state index is -0.204. The summed E-state index contributed by atoms with van der Waals surface area (Å²) < 4.78 is 1.98. The third-order valence-electron chi connectivity index (χ3n) is 6.00. The lowest BCUT2D eigenvalue weighted by molar-refractivity contribution is 0.0690. The van der Waals surface area contributed by atoms with Crippen molar-refractivity contribution in [3.63, 3.8) is 0 Å². The summed E-state index contributed by atoms with van der Waals surface area (Å²) in [4.78, 5) is 30.7. The van der Waals surface area contributed by atoms with Crippen molar-refractivity contribution in [3.8, 4) is 0 Å². The standard InChI is InChI=1S/C24H29N5O2/c1-25-24(31)26-11-14-29-17-27-21-16-20(7-8-22(21)29)23(30)28-12-9-19(10-13-28)15-18-5-3-2-4-6-18/h2-8,16-17,19H,9-15H2,1H3,(H2,25,26,31). The molecule has 2 N–H and O–H groups in total. The Labute approximate surface area is 182 Å². The van der Waals surface area contributed by atoms with Gasteiger partial charge < -0.3 is 20.1 Å². The van der Waals surface area contributed by atoms with Crippen molar-refractivity contribution in [1.29, 1.82) is 0 Å². The number of urea groups is 1. The molecule has 1 saturated heterocycles. The second-order valence-corrected chi connectivity index (χ2v) is 8.07. The van der Waals surface area contributed by atoms with Gasteiger partial charge in [-0.25, -0.2) is 9.78 Å². The summed E-state index contributed by atoms with van der Waals surface area (Å²) in [6.07, 6.45) is 4.91. The van der Waals surface area contributed by atoms with Crippen LogP contribution in [0.3, 0.4) is 0 Å². The van der Waals surface area contributed by atoms with Crippen molar-refractivity contribution in [2.45, 2.75) is 25.8 Å². The van der Waals surface area contributed by atoms with Gasteiger partial charge >= 0.3 is 6.03 Å². The van der Waals surface area contributed by atoms with Crippen LogP contribution in [0, 0.1) is 5.92 Å². The monoisotopic (exact) mass is 419 g/mol. The van der Waals surface area contributed by atoms with Gasteiger partial charge in [-0.05, 0) is 48.9 Å². The lowest BCUT2D eigenvalue weighted by Crippen LogP contribution is -2.38. The zero-order valence-corrected chi connectivity index (χ0v) is 17.9. The zero-order valence-electron chi connectivity index (χ0n) is 17.9. The number of rotatable bonds is 6. The minimum absolute atomic E-state index is 0.0795. The van der Waals surface area contributed by atoms with E-state index in [1.54, 1.807) is 13.4 Å². The highest BCUT2D eigenvalue weighted by Crippen LogP contribution is 2.24. The molecular weight excluding hydrogens is 390 g/mol. The van der Waals surface area contributed by atoms with Crippen molar-refractivity contribution in [3.05, 3.63) is 66.0 Å². The number of nitrogens with zero attached hydrogens (tertiary/aromatic N) is 3. The summed E-state index contributed by atoms with van der Waals surface area (Å²) >= 11 is 0. The molecule has 0 spiro atoms. The molecule has 7 nitrogen and oxygen atoms in total. The van der Waals surface area contributed by atoms with Gasteiger partial charge in [-0.2, -0.15) is 0 Å². The number of piperidine rings is 1. The fourth-order valence-electron chi connectivity index (χ4n) is 4.22. The topological polar surface area (TPSA) is 79.3 Å². The molecule has 2 heterocycles. The quantitative estimate of drug-likeness (QED) is 0.645. The fourth-order valence-corrected chi connectivity index (χ4v) is 4.22. The van der Waals surface area contributed by atoms with Gasteiger partial charge in [-0.15, -0.1) is 0 Å². The number of benzene rings is 2. The number of hydrogen-bond acceptors (Lipinski definition) is 3. The molecule has 0 saturated carbocycles.